The van der Waals surface area contributed by atoms with Gasteiger partial charge in [-0.15, -0.1) is 0 Å². The summed E-state index contributed by atoms with van der Waals surface area (Å²) in [6, 6.07) is 17.3. The number of rotatable bonds is 16. The van der Waals surface area contributed by atoms with Crippen LogP contribution in [-0.2, 0) is 38.4 Å². The molecule has 12 heteroatoms. The molecule has 12 nitrogen and oxygen atoms in total. The van der Waals surface area contributed by atoms with Crippen molar-refractivity contribution in [2.45, 2.75) is 85.1 Å². The fraction of sp³-hybridized carbons (Fsp3) is 0.500. The van der Waals surface area contributed by atoms with Gasteiger partial charge in [-0.05, 0) is 86.8 Å². The van der Waals surface area contributed by atoms with E-state index in [4.69, 9.17) is 34.2 Å². The van der Waals surface area contributed by atoms with E-state index >= 15 is 0 Å². The molecule has 1 aliphatic rings. The summed E-state index contributed by atoms with van der Waals surface area (Å²) in [7, 11) is 6.15. The number of methoxy groups -OCH3 is 4. The third kappa shape index (κ3) is 16.0. The van der Waals surface area contributed by atoms with Crippen molar-refractivity contribution in [3.63, 3.8) is 0 Å². The molecule has 1 amide bonds. The number of phenols is 1. The lowest BCUT2D eigenvalue weighted by Gasteiger charge is -2.36. The summed E-state index contributed by atoms with van der Waals surface area (Å²) >= 11 is 0. The van der Waals surface area contributed by atoms with Crippen LogP contribution in [0.3, 0.4) is 0 Å². The number of esters is 1. The van der Waals surface area contributed by atoms with E-state index in [0.717, 1.165) is 81.0 Å². The number of amides is 1. The molecule has 0 aromatic heterocycles. The van der Waals surface area contributed by atoms with E-state index in [1.165, 1.54) is 19.6 Å². The number of hydrogen-bond acceptors (Lipinski definition) is 11. The molecule has 0 aliphatic carbocycles. The molecule has 1 saturated heterocycles. The van der Waals surface area contributed by atoms with Crippen LogP contribution in [0, 0.1) is 0 Å². The summed E-state index contributed by atoms with van der Waals surface area (Å²) in [4.78, 5) is 34.4. The Balaban J connectivity index is 0.000000490. The average Bonchev–Trinajstić information content (AvgIpc) is 3.20. The van der Waals surface area contributed by atoms with E-state index < -0.39 is 0 Å². The second-order valence-electron chi connectivity index (χ2n) is 12.0. The van der Waals surface area contributed by atoms with Crippen LogP contribution in [0.5, 0.6) is 28.7 Å². The van der Waals surface area contributed by atoms with Crippen LogP contribution in [0.1, 0.15) is 76.5 Å². The molecule has 4 N–H and O–H groups in total. The summed E-state index contributed by atoms with van der Waals surface area (Å²) in [6.45, 7) is 9.21. The Kier molecular flexibility index (Phi) is 24.1. The van der Waals surface area contributed by atoms with Gasteiger partial charge >= 0.3 is 5.97 Å². The lowest BCUT2D eigenvalue weighted by molar-refractivity contribution is -0.142. The van der Waals surface area contributed by atoms with Crippen molar-refractivity contribution in [2.24, 2.45) is 5.73 Å². The summed E-state index contributed by atoms with van der Waals surface area (Å²) in [5.41, 5.74) is 9.55. The number of carbonyl (C=O) groups is 3. The number of aryl methyl sites for hydroxylation is 3. The second-order valence-corrected chi connectivity index (χ2v) is 12.0. The number of hydrogen-bond donors (Lipinski definition) is 3. The fourth-order valence-corrected chi connectivity index (χ4v) is 5.80. The first-order chi connectivity index (χ1) is 26.2. The number of benzene rings is 3. The van der Waals surface area contributed by atoms with E-state index in [1.54, 1.807) is 21.3 Å². The van der Waals surface area contributed by atoms with Gasteiger partial charge in [0.1, 0.15) is 23.8 Å². The van der Waals surface area contributed by atoms with Crippen LogP contribution in [0.15, 0.2) is 54.6 Å². The molecule has 1 atom stereocenters. The Labute approximate surface area is 322 Å². The summed E-state index contributed by atoms with van der Waals surface area (Å²) in [5, 5.41) is 12.8. The van der Waals surface area contributed by atoms with Gasteiger partial charge in [0, 0.05) is 37.5 Å². The SMILES string of the molecule is CC.CC=O.CCCc1ccc(CCCc2cccc(OCC(=O)NCCN)c2)cc1O.COC(=O)C1CCCCN1c1cc(OC)c(OC)c(OC)c1. The van der Waals surface area contributed by atoms with Crippen LogP contribution in [-0.4, -0.2) is 84.0 Å². The molecule has 0 radical (unpaired) electrons. The molecular weight excluding hydrogens is 690 g/mol. The number of aldehydes is 1. The van der Waals surface area contributed by atoms with E-state index in [9.17, 15) is 14.7 Å². The van der Waals surface area contributed by atoms with E-state index in [2.05, 4.69) is 24.4 Å². The minimum absolute atomic E-state index is 0.00710. The first-order valence-electron chi connectivity index (χ1n) is 18.7. The van der Waals surface area contributed by atoms with Crippen molar-refractivity contribution in [3.8, 4) is 28.7 Å². The molecule has 54 heavy (non-hydrogen) atoms. The highest BCUT2D eigenvalue weighted by molar-refractivity contribution is 5.81. The molecule has 3 aromatic rings. The maximum Gasteiger partial charge on any atom is 0.328 e. The number of nitrogens with two attached hydrogens (primary N) is 1. The number of anilines is 1. The van der Waals surface area contributed by atoms with Crippen molar-refractivity contribution >= 4 is 23.9 Å². The molecule has 1 aliphatic heterocycles. The number of nitrogens with one attached hydrogen (secondary N) is 1. The molecule has 0 saturated carbocycles. The van der Waals surface area contributed by atoms with Crippen molar-refractivity contribution in [1.29, 1.82) is 0 Å². The lowest BCUT2D eigenvalue weighted by Crippen LogP contribution is -2.45. The van der Waals surface area contributed by atoms with Gasteiger partial charge in [0.2, 0.25) is 5.75 Å². The Morgan fingerprint density at radius 1 is 0.926 bits per heavy atom. The number of piperidine rings is 1. The van der Waals surface area contributed by atoms with Gasteiger partial charge < -0.3 is 49.5 Å². The molecule has 1 unspecified atom stereocenters. The maximum atomic E-state index is 12.0. The van der Waals surface area contributed by atoms with Crippen molar-refractivity contribution in [3.05, 3.63) is 71.3 Å². The van der Waals surface area contributed by atoms with E-state index in [-0.39, 0.29) is 24.5 Å². The molecule has 300 valence electrons. The van der Waals surface area contributed by atoms with Gasteiger partial charge in [0.25, 0.3) is 5.91 Å². The highest BCUT2D eigenvalue weighted by atomic mass is 16.5. The quantitative estimate of drug-likeness (QED) is 0.109. The first-order valence-corrected chi connectivity index (χ1v) is 18.7. The van der Waals surface area contributed by atoms with E-state index in [0.29, 0.717) is 41.8 Å². The molecule has 4 rings (SSSR count). The normalized spacial score (nSPS) is 12.9. The van der Waals surface area contributed by atoms with Gasteiger partial charge in [0.15, 0.2) is 18.1 Å². The second kappa shape index (κ2) is 27.6. The zero-order valence-corrected chi connectivity index (χ0v) is 33.6. The summed E-state index contributed by atoms with van der Waals surface area (Å²) in [6.07, 6.45) is 8.31. The molecule has 3 aromatic carbocycles. The zero-order chi connectivity index (χ0) is 40.3. The number of nitrogens with zero attached hydrogens (tertiary/aromatic N) is 1. The zero-order valence-electron chi connectivity index (χ0n) is 33.6. The van der Waals surface area contributed by atoms with Crippen LogP contribution < -0.4 is 34.9 Å². The van der Waals surface area contributed by atoms with Gasteiger partial charge in [-0.2, -0.15) is 0 Å². The number of carbonyl (C=O) groups excluding carboxylic acids is 3. The highest BCUT2D eigenvalue weighted by Gasteiger charge is 2.31. The fourth-order valence-electron chi connectivity index (χ4n) is 5.80. The van der Waals surface area contributed by atoms with Crippen molar-refractivity contribution in [1.82, 2.24) is 5.32 Å². The topological polar surface area (TPSA) is 159 Å². The maximum absolute atomic E-state index is 12.0. The van der Waals surface area contributed by atoms with Gasteiger partial charge in [-0.1, -0.05) is 51.5 Å². The minimum Gasteiger partial charge on any atom is -0.508 e. The summed E-state index contributed by atoms with van der Waals surface area (Å²) < 4.78 is 26.6. The minimum atomic E-state index is -0.276. The molecule has 0 bridgehead atoms. The average molecular weight is 754 g/mol. The number of ether oxygens (including phenoxy) is 5. The van der Waals surface area contributed by atoms with E-state index in [1.807, 2.05) is 61.2 Å². The standard InChI is InChI=1S/C22H30N2O3.C16H23NO5.C2H4O.C2H6/c1-2-5-19-11-10-18(15-21(19)25)7-3-6-17-8-4-9-20(14-17)27-16-22(26)24-13-12-23;1-19-13-9-11(10-14(20-2)15(13)21-3)17-8-6-5-7-12(17)16(18)22-4;1-2-3;1-2/h4,8-11,14-15,25H,2-3,5-7,12-13,16,23H2,1H3,(H,24,26);9-10,12H,5-8H2,1-4H3;2H,1H3;1-2H3. The van der Waals surface area contributed by atoms with Crippen LogP contribution >= 0.6 is 0 Å². The third-order valence-electron chi connectivity index (χ3n) is 8.29. The van der Waals surface area contributed by atoms with Crippen LogP contribution in [0.4, 0.5) is 5.69 Å². The first kappa shape index (κ1) is 47.1. The predicted molar refractivity (Wildman–Crippen MR) is 214 cm³/mol. The molecule has 1 fully saturated rings. The van der Waals surface area contributed by atoms with Crippen molar-refractivity contribution in [2.75, 3.05) is 59.6 Å². The number of phenolic OH excluding ortho intramolecular Hbond substituents is 1. The van der Waals surface area contributed by atoms with Crippen LogP contribution in [0.25, 0.3) is 0 Å². The lowest BCUT2D eigenvalue weighted by atomic mass is 10.0. The monoisotopic (exact) mass is 753 g/mol. The van der Waals surface area contributed by atoms with Crippen LogP contribution in [0.2, 0.25) is 0 Å². The molecule has 0 spiro atoms. The van der Waals surface area contributed by atoms with Crippen molar-refractivity contribution < 1.29 is 43.2 Å². The third-order valence-corrected chi connectivity index (χ3v) is 8.29. The predicted octanol–water partition coefficient (Wildman–Crippen LogP) is 6.45. The Hall–Kier alpha value is -4.97. The Morgan fingerprint density at radius 2 is 1.57 bits per heavy atom. The Bertz CT molecular complexity index is 1510. The molecule has 1 heterocycles. The van der Waals surface area contributed by atoms with Gasteiger partial charge in [-0.3, -0.25) is 4.79 Å². The largest absolute Gasteiger partial charge is 0.508 e. The number of aromatic hydroxyl groups is 1. The smallest absolute Gasteiger partial charge is 0.328 e. The van der Waals surface area contributed by atoms with Gasteiger partial charge in [-0.25, -0.2) is 4.79 Å². The highest BCUT2D eigenvalue weighted by Crippen LogP contribution is 2.42. The molecular formula is C42H63N3O9. The Morgan fingerprint density at radius 3 is 2.13 bits per heavy atom. The summed E-state index contributed by atoms with van der Waals surface area (Å²) in [5.74, 6) is 2.40. The van der Waals surface area contributed by atoms with Gasteiger partial charge in [0.05, 0.1) is 28.4 Å².